The van der Waals surface area contributed by atoms with Crippen LogP contribution in [0, 0.1) is 25.6 Å². The Bertz CT molecular complexity index is 950. The van der Waals surface area contributed by atoms with E-state index in [-0.39, 0.29) is 18.3 Å². The monoisotopic (exact) mass is 426 g/mol. The molecule has 2 aromatic rings. The van der Waals surface area contributed by atoms with E-state index in [4.69, 9.17) is 9.47 Å². The van der Waals surface area contributed by atoms with Gasteiger partial charge in [-0.15, -0.1) is 6.58 Å². The van der Waals surface area contributed by atoms with Crippen molar-refractivity contribution >= 4 is 17.3 Å². The van der Waals surface area contributed by atoms with E-state index in [0.717, 1.165) is 36.6 Å². The van der Waals surface area contributed by atoms with Gasteiger partial charge in [-0.2, -0.15) is 0 Å². The molecule has 2 aromatic carbocycles. The molecule has 0 aromatic heterocycles. The quantitative estimate of drug-likeness (QED) is 0.268. The van der Waals surface area contributed by atoms with Crippen LogP contribution in [0.15, 0.2) is 61.2 Å². The summed E-state index contributed by atoms with van der Waals surface area (Å²) in [4.78, 5) is 33.2. The summed E-state index contributed by atoms with van der Waals surface area (Å²) < 4.78 is 11.4. The highest BCUT2D eigenvalue weighted by molar-refractivity contribution is 5.91. The average molecular weight is 426 g/mol. The van der Waals surface area contributed by atoms with Crippen molar-refractivity contribution in [1.29, 1.82) is 0 Å². The number of nitro benzene ring substituents is 2. The van der Waals surface area contributed by atoms with Gasteiger partial charge in [0.05, 0.1) is 40.8 Å². The minimum Gasteiger partial charge on any atom is -0.461 e. The van der Waals surface area contributed by atoms with Crippen molar-refractivity contribution < 1.29 is 24.1 Å². The Balaban J connectivity index is 1.79. The molecule has 0 unspecified atom stereocenters. The zero-order valence-corrected chi connectivity index (χ0v) is 16.8. The molecule has 9 heteroatoms. The van der Waals surface area contributed by atoms with E-state index >= 15 is 0 Å². The maximum absolute atomic E-state index is 12.6. The molecule has 3 rings (SSSR count). The van der Waals surface area contributed by atoms with Crippen LogP contribution < -0.4 is 0 Å². The number of ether oxygens (including phenoxy) is 2. The summed E-state index contributed by atoms with van der Waals surface area (Å²) in [7, 11) is 0. The molecule has 2 atom stereocenters. The molecule has 1 aliphatic rings. The maximum atomic E-state index is 12.6. The molecular formula is C22H22N2O7. The third-order valence-electron chi connectivity index (χ3n) is 5.32. The molecular weight excluding hydrogens is 404 g/mol. The normalized spacial score (nSPS) is 20.6. The summed E-state index contributed by atoms with van der Waals surface area (Å²) in [6.45, 7) is 4.12. The predicted molar refractivity (Wildman–Crippen MR) is 112 cm³/mol. The number of non-ortho nitro benzene ring substituents is 2. The van der Waals surface area contributed by atoms with E-state index in [1.807, 2.05) is 30.3 Å². The lowest BCUT2D eigenvalue weighted by molar-refractivity contribution is -0.394. The highest BCUT2D eigenvalue weighted by Gasteiger charge is 2.37. The maximum Gasteiger partial charge on any atom is 0.338 e. The first-order valence-electron chi connectivity index (χ1n) is 9.71. The number of carbonyl (C=O) groups is 1. The molecule has 1 heterocycles. The smallest absolute Gasteiger partial charge is 0.338 e. The molecule has 0 saturated carbocycles. The van der Waals surface area contributed by atoms with Crippen LogP contribution in [-0.2, 0) is 15.9 Å². The Kier molecular flexibility index (Phi) is 6.76. The summed E-state index contributed by atoms with van der Waals surface area (Å²) >= 11 is 0. The van der Waals surface area contributed by atoms with Crippen molar-refractivity contribution in [3.63, 3.8) is 0 Å². The van der Waals surface area contributed by atoms with Gasteiger partial charge in [-0.1, -0.05) is 36.4 Å². The van der Waals surface area contributed by atoms with E-state index < -0.39 is 32.6 Å². The largest absolute Gasteiger partial charge is 0.461 e. The highest BCUT2D eigenvalue weighted by atomic mass is 16.6. The van der Waals surface area contributed by atoms with E-state index in [1.165, 1.54) is 0 Å². The standard InChI is InChI=1S/C22H22N2O7/c1-2-20-8-9-22(14-30-20,13-16-6-4-3-5-7-16)15-31-21(25)17-10-18(23(26)27)12-19(11-17)24(28)29/h2-7,10-12,20H,1,8-9,13-15H2/t20-,22-/m1/s1. The Morgan fingerprint density at radius 2 is 1.81 bits per heavy atom. The fraction of sp³-hybridized carbons (Fsp3) is 0.318. The minimum absolute atomic E-state index is 0.0150. The van der Waals surface area contributed by atoms with Crippen LogP contribution in [-0.4, -0.2) is 35.1 Å². The Labute approximate surface area is 178 Å². The first-order valence-corrected chi connectivity index (χ1v) is 9.71. The molecule has 0 radical (unpaired) electrons. The summed E-state index contributed by atoms with van der Waals surface area (Å²) in [6.07, 6.45) is 3.72. The van der Waals surface area contributed by atoms with Crippen LogP contribution >= 0.6 is 0 Å². The molecule has 0 bridgehead atoms. The van der Waals surface area contributed by atoms with E-state index in [0.29, 0.717) is 13.0 Å². The lowest BCUT2D eigenvalue weighted by Gasteiger charge is -2.39. The molecule has 0 N–H and O–H groups in total. The first kappa shape index (κ1) is 22.1. The molecule has 0 amide bonds. The highest BCUT2D eigenvalue weighted by Crippen LogP contribution is 2.36. The molecule has 1 fully saturated rings. The number of hydrogen-bond acceptors (Lipinski definition) is 7. The number of nitro groups is 2. The number of benzene rings is 2. The van der Waals surface area contributed by atoms with Gasteiger partial charge in [0, 0.05) is 17.5 Å². The minimum atomic E-state index is -0.856. The first-order chi connectivity index (χ1) is 14.8. The zero-order chi connectivity index (χ0) is 22.4. The van der Waals surface area contributed by atoms with Crippen molar-refractivity contribution in [3.8, 4) is 0 Å². The Hall–Kier alpha value is -3.59. The number of hydrogen-bond donors (Lipinski definition) is 0. The summed E-state index contributed by atoms with van der Waals surface area (Å²) in [5, 5.41) is 22.2. The van der Waals surface area contributed by atoms with Crippen molar-refractivity contribution in [3.05, 3.63) is 92.5 Å². The molecule has 0 spiro atoms. The van der Waals surface area contributed by atoms with Gasteiger partial charge >= 0.3 is 5.97 Å². The van der Waals surface area contributed by atoms with Crippen molar-refractivity contribution in [2.45, 2.75) is 25.4 Å². The van der Waals surface area contributed by atoms with Gasteiger partial charge in [-0.3, -0.25) is 20.2 Å². The molecule has 162 valence electrons. The number of nitrogens with zero attached hydrogens (tertiary/aromatic N) is 2. The third kappa shape index (κ3) is 5.52. The van der Waals surface area contributed by atoms with Gasteiger partial charge in [0.15, 0.2) is 0 Å². The molecule has 1 saturated heterocycles. The van der Waals surface area contributed by atoms with Gasteiger partial charge in [0.25, 0.3) is 11.4 Å². The molecule has 31 heavy (non-hydrogen) atoms. The van der Waals surface area contributed by atoms with Crippen LogP contribution in [0.1, 0.15) is 28.8 Å². The van der Waals surface area contributed by atoms with E-state index in [2.05, 4.69) is 6.58 Å². The topological polar surface area (TPSA) is 122 Å². The molecule has 0 aliphatic carbocycles. The fourth-order valence-electron chi connectivity index (χ4n) is 3.63. The van der Waals surface area contributed by atoms with E-state index in [1.54, 1.807) is 6.08 Å². The van der Waals surface area contributed by atoms with Crippen molar-refractivity contribution in [1.82, 2.24) is 0 Å². The van der Waals surface area contributed by atoms with Crippen LogP contribution in [0.25, 0.3) is 0 Å². The third-order valence-corrected chi connectivity index (χ3v) is 5.32. The summed E-state index contributed by atoms with van der Waals surface area (Å²) in [5.74, 6) is -0.856. The number of carbonyl (C=O) groups excluding carboxylic acids is 1. The van der Waals surface area contributed by atoms with Gasteiger partial charge in [0.2, 0.25) is 0 Å². The van der Waals surface area contributed by atoms with Gasteiger partial charge < -0.3 is 9.47 Å². The van der Waals surface area contributed by atoms with Gasteiger partial charge in [-0.05, 0) is 24.8 Å². The van der Waals surface area contributed by atoms with Gasteiger partial charge in [-0.25, -0.2) is 4.79 Å². The lowest BCUT2D eigenvalue weighted by Crippen LogP contribution is -2.41. The van der Waals surface area contributed by atoms with Crippen LogP contribution in [0.2, 0.25) is 0 Å². The summed E-state index contributed by atoms with van der Waals surface area (Å²) in [5.41, 5.74) is -0.755. The lowest BCUT2D eigenvalue weighted by atomic mass is 9.76. The van der Waals surface area contributed by atoms with Crippen LogP contribution in [0.4, 0.5) is 11.4 Å². The fourth-order valence-corrected chi connectivity index (χ4v) is 3.63. The predicted octanol–water partition coefficient (Wildman–Crippen LogP) is 4.25. The number of esters is 1. The van der Waals surface area contributed by atoms with Crippen LogP contribution in [0.3, 0.4) is 0 Å². The second-order valence-corrected chi connectivity index (χ2v) is 7.61. The SMILES string of the molecule is C=C[C@@H]1CC[C@@](COC(=O)c2cc([N+](=O)[O-])cc([N+](=O)[O-])c2)(Cc2ccccc2)CO1. The van der Waals surface area contributed by atoms with Crippen molar-refractivity contribution in [2.75, 3.05) is 13.2 Å². The Morgan fingerprint density at radius 3 is 2.32 bits per heavy atom. The Morgan fingerprint density at radius 1 is 1.16 bits per heavy atom. The molecule has 1 aliphatic heterocycles. The van der Waals surface area contributed by atoms with Crippen LogP contribution in [0.5, 0.6) is 0 Å². The van der Waals surface area contributed by atoms with Crippen molar-refractivity contribution in [2.24, 2.45) is 5.41 Å². The number of rotatable bonds is 8. The second kappa shape index (κ2) is 9.48. The van der Waals surface area contributed by atoms with Gasteiger partial charge in [0.1, 0.15) is 0 Å². The average Bonchev–Trinajstić information content (AvgIpc) is 2.78. The summed E-state index contributed by atoms with van der Waals surface area (Å²) in [6, 6.07) is 12.5. The molecule has 9 nitrogen and oxygen atoms in total. The van der Waals surface area contributed by atoms with E-state index in [9.17, 15) is 25.0 Å². The zero-order valence-electron chi connectivity index (χ0n) is 16.8. The second-order valence-electron chi connectivity index (χ2n) is 7.61.